The molecule has 0 aliphatic rings. The van der Waals surface area contributed by atoms with Gasteiger partial charge in [0.2, 0.25) is 5.91 Å². The number of carbonyl (C=O) groups is 2. The maximum Gasteiger partial charge on any atom is 0.279 e. The van der Waals surface area contributed by atoms with Crippen molar-refractivity contribution in [3.63, 3.8) is 0 Å². The predicted octanol–water partition coefficient (Wildman–Crippen LogP) is -0.142. The molecule has 0 radical (unpaired) electrons. The van der Waals surface area contributed by atoms with E-state index in [0.717, 1.165) is 0 Å². The molecule has 1 rings (SSSR count). The van der Waals surface area contributed by atoms with Gasteiger partial charge in [-0.2, -0.15) is 0 Å². The summed E-state index contributed by atoms with van der Waals surface area (Å²) in [5, 5.41) is 1.79. The Hall–Kier alpha value is -1.40. The van der Waals surface area contributed by atoms with Gasteiger partial charge in [-0.15, -0.1) is 11.3 Å². The van der Waals surface area contributed by atoms with Crippen molar-refractivity contribution in [1.82, 2.24) is 10.9 Å². The highest BCUT2D eigenvalue weighted by molar-refractivity contribution is 7.12. The van der Waals surface area contributed by atoms with Crippen LogP contribution in [0, 0.1) is 0 Å². The predicted molar refractivity (Wildman–Crippen MR) is 53.6 cm³/mol. The summed E-state index contributed by atoms with van der Waals surface area (Å²) in [6.07, 6.45) is 0.199. The van der Waals surface area contributed by atoms with Gasteiger partial charge in [0, 0.05) is 13.0 Å². The zero-order valence-corrected chi connectivity index (χ0v) is 8.26. The molecule has 0 fully saturated rings. The lowest BCUT2D eigenvalue weighted by atomic mass is 10.4. The first-order valence-electron chi connectivity index (χ1n) is 4.07. The minimum Gasteiger partial charge on any atom is -0.330 e. The third-order valence-corrected chi connectivity index (χ3v) is 2.30. The monoisotopic (exact) mass is 213 g/mol. The lowest BCUT2D eigenvalue weighted by molar-refractivity contribution is -0.121. The van der Waals surface area contributed by atoms with E-state index in [1.54, 1.807) is 17.5 Å². The van der Waals surface area contributed by atoms with Crippen molar-refractivity contribution >= 4 is 23.2 Å². The van der Waals surface area contributed by atoms with Crippen molar-refractivity contribution in [2.24, 2.45) is 5.73 Å². The molecule has 0 aromatic carbocycles. The maximum absolute atomic E-state index is 11.3. The van der Waals surface area contributed by atoms with E-state index in [-0.39, 0.29) is 24.8 Å². The number of rotatable bonds is 3. The number of hydrogen-bond acceptors (Lipinski definition) is 4. The van der Waals surface area contributed by atoms with Crippen molar-refractivity contribution in [2.75, 3.05) is 6.54 Å². The fourth-order valence-electron chi connectivity index (χ4n) is 0.789. The van der Waals surface area contributed by atoms with Gasteiger partial charge in [-0.1, -0.05) is 6.07 Å². The second kappa shape index (κ2) is 5.36. The first kappa shape index (κ1) is 10.7. The Bertz CT molecular complexity index is 310. The average molecular weight is 213 g/mol. The van der Waals surface area contributed by atoms with Gasteiger partial charge in [-0.05, 0) is 11.4 Å². The van der Waals surface area contributed by atoms with Crippen LogP contribution < -0.4 is 16.6 Å². The summed E-state index contributed by atoms with van der Waals surface area (Å²) < 4.78 is 0. The normalized spacial score (nSPS) is 9.50. The number of hydrogen-bond donors (Lipinski definition) is 3. The van der Waals surface area contributed by atoms with E-state index in [1.807, 2.05) is 0 Å². The van der Waals surface area contributed by atoms with Gasteiger partial charge < -0.3 is 5.73 Å². The average Bonchev–Trinajstić information content (AvgIpc) is 2.67. The minimum atomic E-state index is -0.314. The zero-order chi connectivity index (χ0) is 10.4. The summed E-state index contributed by atoms with van der Waals surface area (Å²) in [7, 11) is 0. The van der Waals surface area contributed by atoms with E-state index in [4.69, 9.17) is 5.73 Å². The molecule has 6 heteroatoms. The molecule has 0 atom stereocenters. The first-order chi connectivity index (χ1) is 6.74. The molecule has 0 unspecified atom stereocenters. The number of thiophene rings is 1. The van der Waals surface area contributed by atoms with Crippen LogP contribution in [0.25, 0.3) is 0 Å². The molecule has 0 aliphatic heterocycles. The van der Waals surface area contributed by atoms with Crippen LogP contribution in [0.4, 0.5) is 0 Å². The minimum absolute atomic E-state index is 0.199. The molecule has 0 saturated heterocycles. The maximum atomic E-state index is 11.3. The van der Waals surface area contributed by atoms with Crippen molar-refractivity contribution < 1.29 is 9.59 Å². The Morgan fingerprint density at radius 1 is 1.43 bits per heavy atom. The van der Waals surface area contributed by atoms with Crippen LogP contribution in [0.2, 0.25) is 0 Å². The molecule has 0 spiro atoms. The summed E-state index contributed by atoms with van der Waals surface area (Å²) in [6.45, 7) is 0.265. The van der Waals surface area contributed by atoms with E-state index in [0.29, 0.717) is 4.88 Å². The highest BCUT2D eigenvalue weighted by atomic mass is 32.1. The Balaban J connectivity index is 2.32. The number of nitrogens with one attached hydrogen (secondary N) is 2. The van der Waals surface area contributed by atoms with Crippen LogP contribution >= 0.6 is 11.3 Å². The molecular weight excluding hydrogens is 202 g/mol. The molecule has 5 nitrogen and oxygen atoms in total. The third kappa shape index (κ3) is 3.15. The van der Waals surface area contributed by atoms with Crippen LogP contribution in [0.1, 0.15) is 16.1 Å². The van der Waals surface area contributed by atoms with Crippen molar-refractivity contribution in [3.8, 4) is 0 Å². The molecule has 1 aromatic rings. The van der Waals surface area contributed by atoms with Crippen LogP contribution in [-0.2, 0) is 4.79 Å². The Morgan fingerprint density at radius 3 is 2.79 bits per heavy atom. The second-order valence-corrected chi connectivity index (χ2v) is 3.47. The van der Waals surface area contributed by atoms with E-state index in [9.17, 15) is 9.59 Å². The molecule has 0 aliphatic carbocycles. The quantitative estimate of drug-likeness (QED) is 0.611. The second-order valence-electron chi connectivity index (χ2n) is 2.52. The van der Waals surface area contributed by atoms with Gasteiger partial charge in [0.25, 0.3) is 5.91 Å². The smallest absolute Gasteiger partial charge is 0.279 e. The fraction of sp³-hybridized carbons (Fsp3) is 0.250. The van der Waals surface area contributed by atoms with Crippen LogP contribution in [0.3, 0.4) is 0 Å². The molecule has 76 valence electrons. The molecule has 0 saturated carbocycles. The van der Waals surface area contributed by atoms with E-state index >= 15 is 0 Å². The van der Waals surface area contributed by atoms with Gasteiger partial charge in [-0.3, -0.25) is 20.4 Å². The number of amides is 2. The Morgan fingerprint density at radius 2 is 2.21 bits per heavy atom. The van der Waals surface area contributed by atoms with E-state index in [1.165, 1.54) is 11.3 Å². The molecule has 0 bridgehead atoms. The Labute approximate surface area is 85.3 Å². The first-order valence-corrected chi connectivity index (χ1v) is 4.94. The van der Waals surface area contributed by atoms with Crippen molar-refractivity contribution in [2.45, 2.75) is 6.42 Å². The van der Waals surface area contributed by atoms with Gasteiger partial charge >= 0.3 is 0 Å². The molecule has 1 aromatic heterocycles. The highest BCUT2D eigenvalue weighted by Crippen LogP contribution is 2.06. The number of hydrazine groups is 1. The molecule has 2 amide bonds. The third-order valence-electron chi connectivity index (χ3n) is 1.43. The lowest BCUT2D eigenvalue weighted by Gasteiger charge is -2.04. The van der Waals surface area contributed by atoms with E-state index in [2.05, 4.69) is 10.9 Å². The molecule has 14 heavy (non-hydrogen) atoms. The highest BCUT2D eigenvalue weighted by Gasteiger charge is 2.06. The number of carbonyl (C=O) groups excluding carboxylic acids is 2. The fourth-order valence-corrected chi connectivity index (χ4v) is 1.41. The number of nitrogens with two attached hydrogens (primary N) is 1. The summed E-state index contributed by atoms with van der Waals surface area (Å²) in [6, 6.07) is 3.44. The van der Waals surface area contributed by atoms with Crippen LogP contribution in [0.5, 0.6) is 0 Å². The van der Waals surface area contributed by atoms with Gasteiger partial charge in [0.15, 0.2) is 0 Å². The van der Waals surface area contributed by atoms with Crippen LogP contribution in [-0.4, -0.2) is 18.4 Å². The van der Waals surface area contributed by atoms with Gasteiger partial charge in [0.05, 0.1) is 4.88 Å². The lowest BCUT2D eigenvalue weighted by Crippen LogP contribution is -2.41. The standard InChI is InChI=1S/C8H11N3O2S/c9-4-3-7(12)10-11-8(13)6-2-1-5-14-6/h1-2,5H,3-4,9H2,(H,10,12)(H,11,13). The summed E-state index contributed by atoms with van der Waals surface area (Å²) >= 11 is 1.31. The molecule has 4 N–H and O–H groups in total. The van der Waals surface area contributed by atoms with Crippen molar-refractivity contribution in [3.05, 3.63) is 22.4 Å². The van der Waals surface area contributed by atoms with Crippen molar-refractivity contribution in [1.29, 1.82) is 0 Å². The molecule has 1 heterocycles. The van der Waals surface area contributed by atoms with Gasteiger partial charge in [0.1, 0.15) is 0 Å². The Kier molecular flexibility index (Phi) is 4.09. The van der Waals surface area contributed by atoms with E-state index < -0.39 is 0 Å². The SMILES string of the molecule is NCCC(=O)NNC(=O)c1cccs1. The molecular formula is C8H11N3O2S. The van der Waals surface area contributed by atoms with Gasteiger partial charge in [-0.25, -0.2) is 0 Å². The summed E-state index contributed by atoms with van der Waals surface area (Å²) in [4.78, 5) is 22.7. The summed E-state index contributed by atoms with van der Waals surface area (Å²) in [5.74, 6) is -0.609. The topological polar surface area (TPSA) is 84.2 Å². The largest absolute Gasteiger partial charge is 0.330 e. The van der Waals surface area contributed by atoms with Crippen LogP contribution in [0.15, 0.2) is 17.5 Å². The zero-order valence-electron chi connectivity index (χ0n) is 7.45. The summed E-state index contributed by atoms with van der Waals surface area (Å²) in [5.41, 5.74) is 9.70.